The Morgan fingerprint density at radius 1 is 1.16 bits per heavy atom. The maximum absolute atomic E-state index is 13.9. The minimum absolute atomic E-state index is 0.0124. The van der Waals surface area contributed by atoms with E-state index in [0.717, 1.165) is 24.8 Å². The van der Waals surface area contributed by atoms with Gasteiger partial charge in [0, 0.05) is 13.6 Å². The molecule has 3 nitrogen and oxygen atoms in total. The van der Waals surface area contributed by atoms with Gasteiger partial charge in [-0.05, 0) is 48.2 Å². The van der Waals surface area contributed by atoms with Gasteiger partial charge in [0.15, 0.2) is 11.6 Å². The Bertz CT molecular complexity index is 770. The van der Waals surface area contributed by atoms with Crippen LogP contribution in [0.3, 0.4) is 0 Å². The summed E-state index contributed by atoms with van der Waals surface area (Å²) in [6.07, 6.45) is 2.46. The number of amides is 1. The lowest BCUT2D eigenvalue weighted by molar-refractivity contribution is -0.140. The quantitative estimate of drug-likeness (QED) is 0.818. The smallest absolute Gasteiger partial charge is 0.233 e. The van der Waals surface area contributed by atoms with Crippen LogP contribution in [0.15, 0.2) is 42.5 Å². The highest BCUT2D eigenvalue weighted by molar-refractivity contribution is 5.89. The molecule has 0 unspecified atom stereocenters. The van der Waals surface area contributed by atoms with Gasteiger partial charge in [-0.1, -0.05) is 24.6 Å². The molecule has 0 aromatic heterocycles. The summed E-state index contributed by atoms with van der Waals surface area (Å²) >= 11 is 0. The molecule has 0 heterocycles. The molecular formula is C20H21F2NO2. The molecule has 1 fully saturated rings. The number of halogens is 2. The van der Waals surface area contributed by atoms with Crippen LogP contribution >= 0.6 is 0 Å². The zero-order chi connectivity index (χ0) is 18.0. The van der Waals surface area contributed by atoms with E-state index >= 15 is 0 Å². The molecule has 0 spiro atoms. The van der Waals surface area contributed by atoms with Crippen molar-refractivity contribution in [3.8, 4) is 5.75 Å². The molecule has 132 valence electrons. The van der Waals surface area contributed by atoms with Crippen molar-refractivity contribution in [1.82, 2.24) is 4.90 Å². The Morgan fingerprint density at radius 2 is 1.84 bits per heavy atom. The molecule has 1 amide bonds. The molecule has 3 rings (SSSR count). The van der Waals surface area contributed by atoms with Gasteiger partial charge in [-0.2, -0.15) is 0 Å². The third-order valence-electron chi connectivity index (χ3n) is 5.00. The molecule has 0 saturated heterocycles. The van der Waals surface area contributed by atoms with E-state index in [2.05, 4.69) is 0 Å². The van der Waals surface area contributed by atoms with Crippen molar-refractivity contribution in [2.24, 2.45) is 0 Å². The molecule has 5 heteroatoms. The topological polar surface area (TPSA) is 29.5 Å². The fraction of sp³-hybridized carbons (Fsp3) is 0.350. The van der Waals surface area contributed by atoms with Crippen molar-refractivity contribution in [3.05, 3.63) is 65.2 Å². The van der Waals surface area contributed by atoms with E-state index in [-0.39, 0.29) is 17.5 Å². The van der Waals surface area contributed by atoms with Crippen LogP contribution in [-0.4, -0.2) is 25.0 Å². The Balaban J connectivity index is 1.79. The van der Waals surface area contributed by atoms with E-state index in [9.17, 15) is 13.6 Å². The van der Waals surface area contributed by atoms with Crippen molar-refractivity contribution in [2.45, 2.75) is 31.2 Å². The number of methoxy groups -OCH3 is 1. The van der Waals surface area contributed by atoms with E-state index in [4.69, 9.17) is 4.74 Å². The molecule has 0 aliphatic heterocycles. The SMILES string of the molecule is COc1ccc(CN(C)C(=O)C2(c3ccc(F)cc3)CCC2)cc1F. The molecule has 25 heavy (non-hydrogen) atoms. The van der Waals surface area contributed by atoms with Crippen LogP contribution in [0.2, 0.25) is 0 Å². The predicted molar refractivity (Wildman–Crippen MR) is 91.4 cm³/mol. The second-order valence-electron chi connectivity index (χ2n) is 6.57. The van der Waals surface area contributed by atoms with E-state index < -0.39 is 11.2 Å². The minimum Gasteiger partial charge on any atom is -0.494 e. The van der Waals surface area contributed by atoms with Crippen LogP contribution in [0.4, 0.5) is 8.78 Å². The van der Waals surface area contributed by atoms with Crippen LogP contribution < -0.4 is 4.74 Å². The Morgan fingerprint density at radius 3 is 2.36 bits per heavy atom. The van der Waals surface area contributed by atoms with Gasteiger partial charge in [-0.3, -0.25) is 4.79 Å². The van der Waals surface area contributed by atoms with Gasteiger partial charge < -0.3 is 9.64 Å². The first-order chi connectivity index (χ1) is 12.0. The van der Waals surface area contributed by atoms with Gasteiger partial charge in [-0.25, -0.2) is 8.78 Å². The van der Waals surface area contributed by atoms with Crippen LogP contribution in [0, 0.1) is 11.6 Å². The van der Waals surface area contributed by atoms with E-state index in [1.54, 1.807) is 36.2 Å². The second kappa shape index (κ2) is 6.82. The number of benzene rings is 2. The van der Waals surface area contributed by atoms with Crippen molar-refractivity contribution >= 4 is 5.91 Å². The monoisotopic (exact) mass is 345 g/mol. The van der Waals surface area contributed by atoms with E-state index in [1.807, 2.05) is 0 Å². The van der Waals surface area contributed by atoms with Gasteiger partial charge in [0.2, 0.25) is 5.91 Å². The number of rotatable bonds is 5. The molecule has 1 aliphatic rings. The summed E-state index contributed by atoms with van der Waals surface area (Å²) in [7, 11) is 3.13. The largest absolute Gasteiger partial charge is 0.494 e. The summed E-state index contributed by atoms with van der Waals surface area (Å²) in [5.74, 6) is -0.591. The highest BCUT2D eigenvalue weighted by Crippen LogP contribution is 2.45. The highest BCUT2D eigenvalue weighted by atomic mass is 19.1. The fourth-order valence-electron chi connectivity index (χ4n) is 3.44. The van der Waals surface area contributed by atoms with Crippen LogP contribution in [0.1, 0.15) is 30.4 Å². The average molecular weight is 345 g/mol. The minimum atomic E-state index is -0.590. The van der Waals surface area contributed by atoms with Crippen molar-refractivity contribution in [1.29, 1.82) is 0 Å². The molecule has 0 N–H and O–H groups in total. The Hall–Kier alpha value is -2.43. The predicted octanol–water partition coefficient (Wildman–Crippen LogP) is 4.05. The first-order valence-electron chi connectivity index (χ1n) is 8.30. The Kier molecular flexibility index (Phi) is 4.75. The number of carbonyl (C=O) groups is 1. The maximum Gasteiger partial charge on any atom is 0.233 e. The third kappa shape index (κ3) is 3.23. The Labute approximate surface area is 146 Å². The molecule has 1 aliphatic carbocycles. The molecular weight excluding hydrogens is 324 g/mol. The summed E-state index contributed by atoms with van der Waals surface area (Å²) in [5, 5.41) is 0. The van der Waals surface area contributed by atoms with Crippen molar-refractivity contribution in [3.63, 3.8) is 0 Å². The first kappa shape index (κ1) is 17.4. The maximum atomic E-state index is 13.9. The lowest BCUT2D eigenvalue weighted by Crippen LogP contribution is -2.49. The second-order valence-corrected chi connectivity index (χ2v) is 6.57. The van der Waals surface area contributed by atoms with E-state index in [0.29, 0.717) is 12.1 Å². The molecule has 0 bridgehead atoms. The van der Waals surface area contributed by atoms with Crippen LogP contribution in [0.25, 0.3) is 0 Å². The first-order valence-corrected chi connectivity index (χ1v) is 8.30. The molecule has 2 aromatic rings. The number of hydrogen-bond donors (Lipinski definition) is 0. The summed E-state index contributed by atoms with van der Waals surface area (Å²) in [5.41, 5.74) is 0.952. The number of ether oxygens (including phenoxy) is 1. The summed E-state index contributed by atoms with van der Waals surface area (Å²) in [6, 6.07) is 10.8. The van der Waals surface area contributed by atoms with Gasteiger partial charge in [0.25, 0.3) is 0 Å². The summed E-state index contributed by atoms with van der Waals surface area (Å²) in [6.45, 7) is 0.308. The van der Waals surface area contributed by atoms with Crippen LogP contribution in [0.5, 0.6) is 5.75 Å². The standard InChI is InChI=1S/C20H21F2NO2/c1-23(13-14-4-9-18(25-2)17(22)12-14)19(24)20(10-3-11-20)15-5-7-16(21)8-6-15/h4-9,12H,3,10-11,13H2,1-2H3. The summed E-state index contributed by atoms with van der Waals surface area (Å²) < 4.78 is 32.0. The molecule has 0 atom stereocenters. The zero-order valence-electron chi connectivity index (χ0n) is 14.4. The van der Waals surface area contributed by atoms with Gasteiger partial charge in [-0.15, -0.1) is 0 Å². The lowest BCUT2D eigenvalue weighted by atomic mass is 9.63. The zero-order valence-corrected chi connectivity index (χ0v) is 14.4. The molecule has 0 radical (unpaired) electrons. The van der Waals surface area contributed by atoms with E-state index in [1.165, 1.54) is 25.3 Å². The third-order valence-corrected chi connectivity index (χ3v) is 5.00. The van der Waals surface area contributed by atoms with Crippen molar-refractivity contribution in [2.75, 3.05) is 14.2 Å². The normalized spacial score (nSPS) is 15.4. The lowest BCUT2D eigenvalue weighted by Gasteiger charge is -2.43. The summed E-state index contributed by atoms with van der Waals surface area (Å²) in [4.78, 5) is 14.7. The average Bonchev–Trinajstić information content (AvgIpc) is 2.55. The fourth-order valence-corrected chi connectivity index (χ4v) is 3.44. The number of likely N-dealkylation sites (N-methyl/N-ethyl adjacent to an activating group) is 1. The molecule has 2 aromatic carbocycles. The number of nitrogens with zero attached hydrogens (tertiary/aromatic N) is 1. The van der Waals surface area contributed by atoms with Gasteiger partial charge >= 0.3 is 0 Å². The van der Waals surface area contributed by atoms with Crippen molar-refractivity contribution < 1.29 is 18.3 Å². The molecule has 1 saturated carbocycles. The number of hydrogen-bond acceptors (Lipinski definition) is 2. The van der Waals surface area contributed by atoms with Crippen LogP contribution in [-0.2, 0) is 16.8 Å². The number of carbonyl (C=O) groups excluding carboxylic acids is 1. The van der Waals surface area contributed by atoms with Gasteiger partial charge in [0.05, 0.1) is 12.5 Å². The van der Waals surface area contributed by atoms with Gasteiger partial charge in [0.1, 0.15) is 5.82 Å². The highest BCUT2D eigenvalue weighted by Gasteiger charge is 2.46.